The van der Waals surface area contributed by atoms with Crippen molar-refractivity contribution in [2.24, 2.45) is 0 Å². The summed E-state index contributed by atoms with van der Waals surface area (Å²) < 4.78 is 11.7. The van der Waals surface area contributed by atoms with E-state index in [0.717, 1.165) is 19.4 Å². The molecule has 7 heteroatoms. The van der Waals surface area contributed by atoms with Crippen LogP contribution in [0.15, 0.2) is 11.0 Å². The van der Waals surface area contributed by atoms with Crippen molar-refractivity contribution in [2.45, 2.75) is 38.5 Å². The number of ether oxygens (including phenoxy) is 2. The summed E-state index contributed by atoms with van der Waals surface area (Å²) in [5.74, 6) is 0. The third kappa shape index (κ3) is 3.50. The van der Waals surface area contributed by atoms with Crippen molar-refractivity contribution in [1.29, 1.82) is 0 Å². The van der Waals surface area contributed by atoms with Gasteiger partial charge in [0.05, 0.1) is 31.1 Å². The number of aromatic nitrogens is 2. The van der Waals surface area contributed by atoms with E-state index in [4.69, 9.17) is 21.1 Å². The lowest BCUT2D eigenvalue weighted by Gasteiger charge is -2.36. The molecular weight excluding hydrogens is 282 g/mol. The van der Waals surface area contributed by atoms with Crippen molar-refractivity contribution in [3.8, 4) is 0 Å². The van der Waals surface area contributed by atoms with Crippen molar-refractivity contribution in [2.75, 3.05) is 25.6 Å². The highest BCUT2D eigenvalue weighted by molar-refractivity contribution is 6.32. The van der Waals surface area contributed by atoms with Gasteiger partial charge >= 0.3 is 0 Å². The summed E-state index contributed by atoms with van der Waals surface area (Å²) in [4.78, 5) is 12.0. The summed E-state index contributed by atoms with van der Waals surface area (Å²) >= 11 is 6.09. The summed E-state index contributed by atoms with van der Waals surface area (Å²) in [6, 6.07) is 0.292. The van der Waals surface area contributed by atoms with E-state index in [2.05, 4.69) is 10.4 Å². The van der Waals surface area contributed by atoms with E-state index in [1.165, 1.54) is 4.68 Å². The van der Waals surface area contributed by atoms with Gasteiger partial charge in [0.15, 0.2) is 0 Å². The molecule has 1 aromatic heterocycles. The van der Waals surface area contributed by atoms with Gasteiger partial charge in [-0.15, -0.1) is 0 Å². The van der Waals surface area contributed by atoms with Gasteiger partial charge in [-0.3, -0.25) is 4.79 Å². The van der Waals surface area contributed by atoms with E-state index in [1.807, 2.05) is 6.92 Å². The highest BCUT2D eigenvalue weighted by Crippen LogP contribution is 2.28. The van der Waals surface area contributed by atoms with E-state index in [-0.39, 0.29) is 10.6 Å². The van der Waals surface area contributed by atoms with Gasteiger partial charge in [-0.25, -0.2) is 4.68 Å². The summed E-state index contributed by atoms with van der Waals surface area (Å²) in [6.45, 7) is 3.54. The molecule has 1 saturated carbocycles. The Kier molecular flexibility index (Phi) is 5.39. The second kappa shape index (κ2) is 7.06. The van der Waals surface area contributed by atoms with E-state index in [1.54, 1.807) is 13.3 Å². The van der Waals surface area contributed by atoms with Crippen LogP contribution in [0, 0.1) is 0 Å². The maximum Gasteiger partial charge on any atom is 0.287 e. The smallest absolute Gasteiger partial charge is 0.287 e. The van der Waals surface area contributed by atoms with Gasteiger partial charge in [-0.1, -0.05) is 11.6 Å². The van der Waals surface area contributed by atoms with Crippen molar-refractivity contribution in [3.05, 3.63) is 21.6 Å². The van der Waals surface area contributed by atoms with E-state index in [9.17, 15) is 4.79 Å². The zero-order valence-corrected chi connectivity index (χ0v) is 12.5. The van der Waals surface area contributed by atoms with Gasteiger partial charge < -0.3 is 14.8 Å². The molecule has 0 atom stereocenters. The molecule has 0 radical (unpaired) electrons. The first-order valence-electron chi connectivity index (χ1n) is 6.78. The van der Waals surface area contributed by atoms with Crippen LogP contribution in [-0.2, 0) is 16.0 Å². The quantitative estimate of drug-likeness (QED) is 0.827. The molecule has 0 aromatic carbocycles. The van der Waals surface area contributed by atoms with Crippen LogP contribution in [0.25, 0.3) is 0 Å². The van der Waals surface area contributed by atoms with E-state index >= 15 is 0 Å². The second-order valence-corrected chi connectivity index (χ2v) is 5.16. The Balaban J connectivity index is 1.96. The lowest BCUT2D eigenvalue weighted by atomic mass is 9.89. The topological polar surface area (TPSA) is 65.4 Å². The molecule has 0 unspecified atom stereocenters. The average Bonchev–Trinajstić information content (AvgIpc) is 2.40. The fourth-order valence-electron chi connectivity index (χ4n) is 2.18. The predicted octanol–water partition coefficient (Wildman–Crippen LogP) is 1.52. The average molecular weight is 302 g/mol. The Bertz CT molecular complexity index is 500. The molecule has 1 aliphatic carbocycles. The van der Waals surface area contributed by atoms with Crippen molar-refractivity contribution in [1.82, 2.24) is 9.78 Å². The zero-order valence-electron chi connectivity index (χ0n) is 11.8. The molecule has 20 heavy (non-hydrogen) atoms. The molecule has 1 heterocycles. The fourth-order valence-corrected chi connectivity index (χ4v) is 2.38. The van der Waals surface area contributed by atoms with Crippen LogP contribution in [0.3, 0.4) is 0 Å². The molecule has 1 fully saturated rings. The number of hydrogen-bond acceptors (Lipinski definition) is 5. The lowest BCUT2D eigenvalue weighted by molar-refractivity contribution is 0.00298. The zero-order chi connectivity index (χ0) is 14.5. The van der Waals surface area contributed by atoms with Crippen LogP contribution < -0.4 is 10.9 Å². The van der Waals surface area contributed by atoms with Crippen LogP contribution in [0.1, 0.15) is 19.8 Å². The second-order valence-electron chi connectivity index (χ2n) is 4.78. The van der Waals surface area contributed by atoms with Gasteiger partial charge in [0.25, 0.3) is 5.56 Å². The summed E-state index contributed by atoms with van der Waals surface area (Å²) in [5, 5.41) is 7.51. The predicted molar refractivity (Wildman–Crippen MR) is 77.4 cm³/mol. The Labute approximate surface area is 123 Å². The number of nitrogens with one attached hydrogen (secondary N) is 1. The van der Waals surface area contributed by atoms with Crippen LogP contribution in [0.5, 0.6) is 0 Å². The molecule has 6 nitrogen and oxygen atoms in total. The van der Waals surface area contributed by atoms with E-state index < -0.39 is 0 Å². The maximum absolute atomic E-state index is 12.0. The van der Waals surface area contributed by atoms with Gasteiger partial charge in [-0.05, 0) is 19.8 Å². The molecule has 1 aliphatic rings. The molecule has 112 valence electrons. The van der Waals surface area contributed by atoms with Crippen LogP contribution in [0.4, 0.5) is 5.69 Å². The molecular formula is C13H20ClN3O3. The van der Waals surface area contributed by atoms with Crippen molar-refractivity contribution < 1.29 is 9.47 Å². The Hall–Kier alpha value is -1.11. The van der Waals surface area contributed by atoms with Gasteiger partial charge in [0, 0.05) is 19.8 Å². The number of rotatable bonds is 7. The fraction of sp³-hybridized carbons (Fsp3) is 0.692. The van der Waals surface area contributed by atoms with Gasteiger partial charge in [0.1, 0.15) is 5.02 Å². The molecule has 0 saturated heterocycles. The maximum atomic E-state index is 12.0. The molecule has 0 bridgehead atoms. The monoisotopic (exact) mass is 301 g/mol. The molecule has 0 spiro atoms. The largest absolute Gasteiger partial charge is 0.383 e. The Morgan fingerprint density at radius 1 is 1.55 bits per heavy atom. The minimum atomic E-state index is -0.297. The van der Waals surface area contributed by atoms with Crippen LogP contribution in [-0.4, -0.2) is 42.2 Å². The van der Waals surface area contributed by atoms with Crippen molar-refractivity contribution in [3.63, 3.8) is 0 Å². The minimum Gasteiger partial charge on any atom is -0.383 e. The third-order valence-electron chi connectivity index (χ3n) is 3.35. The normalized spacial score (nSPS) is 21.6. The first-order chi connectivity index (χ1) is 9.65. The van der Waals surface area contributed by atoms with Gasteiger partial charge in [-0.2, -0.15) is 5.10 Å². The highest BCUT2D eigenvalue weighted by atomic mass is 35.5. The minimum absolute atomic E-state index is 0.177. The Morgan fingerprint density at radius 3 is 2.95 bits per heavy atom. The number of nitrogens with zero attached hydrogens (tertiary/aromatic N) is 2. The van der Waals surface area contributed by atoms with Crippen molar-refractivity contribution >= 4 is 17.3 Å². The SMILES string of the molecule is CCOC1CC(Nc2cnn(CCOC)c(=O)c2Cl)C1. The third-order valence-corrected chi connectivity index (χ3v) is 3.71. The van der Waals surface area contributed by atoms with Crippen LogP contribution in [0.2, 0.25) is 5.02 Å². The highest BCUT2D eigenvalue weighted by Gasteiger charge is 2.30. The Morgan fingerprint density at radius 2 is 2.30 bits per heavy atom. The number of methoxy groups -OCH3 is 1. The van der Waals surface area contributed by atoms with Crippen LogP contribution >= 0.6 is 11.6 Å². The molecule has 0 aliphatic heterocycles. The number of hydrogen-bond donors (Lipinski definition) is 1. The molecule has 0 amide bonds. The summed E-state index contributed by atoms with van der Waals surface area (Å²) in [6.07, 6.45) is 3.76. The summed E-state index contributed by atoms with van der Waals surface area (Å²) in [7, 11) is 1.58. The number of anilines is 1. The molecule has 2 rings (SSSR count). The lowest BCUT2D eigenvalue weighted by Crippen LogP contribution is -2.41. The number of halogens is 1. The van der Waals surface area contributed by atoms with E-state index in [0.29, 0.717) is 31.0 Å². The first-order valence-corrected chi connectivity index (χ1v) is 7.16. The molecule has 1 N–H and O–H groups in total. The first kappa shape index (κ1) is 15.3. The standard InChI is InChI=1S/C13H20ClN3O3/c1-3-20-10-6-9(7-10)16-11-8-15-17(4-5-19-2)13(18)12(11)14/h8-10,16H,3-7H2,1-2H3. The van der Waals surface area contributed by atoms with Gasteiger partial charge in [0.2, 0.25) is 0 Å². The summed E-state index contributed by atoms with van der Waals surface area (Å²) in [5.41, 5.74) is 0.291. The molecule has 1 aromatic rings.